The Bertz CT molecular complexity index is 300. The van der Waals surface area contributed by atoms with Crippen LogP contribution in [0.3, 0.4) is 0 Å². The highest BCUT2D eigenvalue weighted by molar-refractivity contribution is 5.85. The molecule has 0 heterocycles. The average Bonchev–Trinajstić information content (AvgIpc) is 2.38. The van der Waals surface area contributed by atoms with Gasteiger partial charge in [-0.25, -0.2) is 4.79 Å². The average molecular weight is 258 g/mol. The summed E-state index contributed by atoms with van der Waals surface area (Å²) < 4.78 is 14.3. The molecule has 0 aromatic heterocycles. The normalized spacial score (nSPS) is 11.4. The number of carbonyl (C=O) groups excluding carboxylic acids is 2. The van der Waals surface area contributed by atoms with Crippen LogP contribution < -0.4 is 5.32 Å². The lowest BCUT2D eigenvalue weighted by Gasteiger charge is -2.15. The van der Waals surface area contributed by atoms with E-state index >= 15 is 0 Å². The van der Waals surface area contributed by atoms with E-state index in [1.807, 2.05) is 6.07 Å². The van der Waals surface area contributed by atoms with Crippen molar-refractivity contribution in [1.29, 1.82) is 5.26 Å². The Morgan fingerprint density at radius 1 is 1.33 bits per heavy atom. The van der Waals surface area contributed by atoms with Gasteiger partial charge in [-0.05, 0) is 6.42 Å². The molecular weight excluding hydrogens is 240 g/mol. The molecule has 0 bridgehead atoms. The van der Waals surface area contributed by atoms with Gasteiger partial charge in [-0.2, -0.15) is 5.26 Å². The van der Waals surface area contributed by atoms with Gasteiger partial charge in [0, 0.05) is 13.5 Å². The molecule has 0 aliphatic carbocycles. The smallest absolute Gasteiger partial charge is 0.328 e. The minimum absolute atomic E-state index is 0.157. The lowest BCUT2D eigenvalue weighted by Crippen LogP contribution is -2.43. The van der Waals surface area contributed by atoms with Gasteiger partial charge >= 0.3 is 5.97 Å². The third kappa shape index (κ3) is 7.60. The topological polar surface area (TPSA) is 97.6 Å². The van der Waals surface area contributed by atoms with E-state index in [4.69, 9.17) is 14.7 Å². The van der Waals surface area contributed by atoms with Gasteiger partial charge in [0.1, 0.15) is 12.6 Å². The molecule has 0 fully saturated rings. The van der Waals surface area contributed by atoms with Crippen molar-refractivity contribution in [1.82, 2.24) is 5.32 Å². The molecular formula is C11H18N2O5. The number of nitrogens with one attached hydrogen (secondary N) is 1. The Labute approximate surface area is 106 Å². The first kappa shape index (κ1) is 16.4. The summed E-state index contributed by atoms with van der Waals surface area (Å²) in [6.07, 6.45) is 0.373. The van der Waals surface area contributed by atoms with Crippen molar-refractivity contribution < 1.29 is 23.8 Å². The van der Waals surface area contributed by atoms with Gasteiger partial charge in [0.15, 0.2) is 0 Å². The SMILES string of the molecule is COCCOCC(=O)N[C@H](CCC#N)C(=O)OC. The lowest BCUT2D eigenvalue weighted by atomic mass is 10.1. The van der Waals surface area contributed by atoms with Crippen molar-refractivity contribution in [3.05, 3.63) is 0 Å². The van der Waals surface area contributed by atoms with Gasteiger partial charge in [0.05, 0.1) is 26.4 Å². The van der Waals surface area contributed by atoms with E-state index in [1.165, 1.54) is 14.2 Å². The van der Waals surface area contributed by atoms with Crippen LogP contribution in [0.25, 0.3) is 0 Å². The maximum absolute atomic E-state index is 11.4. The van der Waals surface area contributed by atoms with E-state index in [2.05, 4.69) is 10.1 Å². The van der Waals surface area contributed by atoms with Gasteiger partial charge in [0.25, 0.3) is 0 Å². The number of esters is 1. The molecule has 1 amide bonds. The van der Waals surface area contributed by atoms with Crippen molar-refractivity contribution in [3.63, 3.8) is 0 Å². The third-order valence-corrected chi connectivity index (χ3v) is 2.03. The second-order valence-electron chi connectivity index (χ2n) is 3.39. The molecule has 7 nitrogen and oxygen atoms in total. The maximum Gasteiger partial charge on any atom is 0.328 e. The maximum atomic E-state index is 11.4. The molecule has 1 N–H and O–H groups in total. The number of carbonyl (C=O) groups is 2. The van der Waals surface area contributed by atoms with Crippen molar-refractivity contribution in [3.8, 4) is 6.07 Å². The summed E-state index contributed by atoms with van der Waals surface area (Å²) in [6, 6.07) is 1.09. The van der Waals surface area contributed by atoms with E-state index < -0.39 is 17.9 Å². The van der Waals surface area contributed by atoms with Gasteiger partial charge in [-0.15, -0.1) is 0 Å². The van der Waals surface area contributed by atoms with Gasteiger partial charge in [-0.1, -0.05) is 0 Å². The van der Waals surface area contributed by atoms with Crippen molar-refractivity contribution in [2.45, 2.75) is 18.9 Å². The van der Waals surface area contributed by atoms with Crippen LogP contribution in [0.5, 0.6) is 0 Å². The van der Waals surface area contributed by atoms with E-state index in [0.717, 1.165) is 0 Å². The number of nitrogens with zero attached hydrogens (tertiary/aromatic N) is 1. The summed E-state index contributed by atoms with van der Waals surface area (Å²) in [7, 11) is 2.75. The highest BCUT2D eigenvalue weighted by atomic mass is 16.5. The minimum atomic E-state index is -0.812. The molecule has 0 radical (unpaired) electrons. The lowest BCUT2D eigenvalue weighted by molar-refractivity contribution is -0.145. The number of nitriles is 1. The molecule has 0 saturated heterocycles. The van der Waals surface area contributed by atoms with Gasteiger partial charge in [0.2, 0.25) is 5.91 Å². The Hall–Kier alpha value is -1.65. The number of methoxy groups -OCH3 is 2. The summed E-state index contributed by atoms with van der Waals surface area (Å²) >= 11 is 0. The summed E-state index contributed by atoms with van der Waals surface area (Å²) in [6.45, 7) is 0.524. The molecule has 102 valence electrons. The van der Waals surface area contributed by atoms with Crippen LogP contribution in [0.1, 0.15) is 12.8 Å². The Balaban J connectivity index is 4.02. The molecule has 7 heteroatoms. The molecule has 0 rings (SSSR count). The zero-order valence-corrected chi connectivity index (χ0v) is 10.6. The predicted octanol–water partition coefficient (Wildman–Crippen LogP) is -0.389. The van der Waals surface area contributed by atoms with Crippen LogP contribution in [0, 0.1) is 11.3 Å². The van der Waals surface area contributed by atoms with Crippen LogP contribution in [-0.2, 0) is 23.8 Å². The second-order valence-corrected chi connectivity index (χ2v) is 3.39. The first-order chi connectivity index (χ1) is 8.65. The largest absolute Gasteiger partial charge is 0.467 e. The van der Waals surface area contributed by atoms with Gasteiger partial charge < -0.3 is 19.5 Å². The third-order valence-electron chi connectivity index (χ3n) is 2.03. The van der Waals surface area contributed by atoms with E-state index in [9.17, 15) is 9.59 Å². The molecule has 0 spiro atoms. The Morgan fingerprint density at radius 3 is 2.61 bits per heavy atom. The highest BCUT2D eigenvalue weighted by Crippen LogP contribution is 1.99. The molecule has 0 unspecified atom stereocenters. The Morgan fingerprint density at radius 2 is 2.06 bits per heavy atom. The van der Waals surface area contributed by atoms with Crippen molar-refractivity contribution in [2.24, 2.45) is 0 Å². The van der Waals surface area contributed by atoms with Crippen molar-refractivity contribution in [2.75, 3.05) is 34.0 Å². The zero-order chi connectivity index (χ0) is 13.8. The molecule has 0 aromatic rings. The van der Waals surface area contributed by atoms with Crippen LogP contribution in [0.4, 0.5) is 0 Å². The van der Waals surface area contributed by atoms with E-state index in [1.54, 1.807) is 0 Å². The highest BCUT2D eigenvalue weighted by Gasteiger charge is 2.20. The Kier molecular flexibility index (Phi) is 9.54. The first-order valence-corrected chi connectivity index (χ1v) is 5.46. The first-order valence-electron chi connectivity index (χ1n) is 5.46. The number of ether oxygens (including phenoxy) is 3. The zero-order valence-electron chi connectivity index (χ0n) is 10.6. The van der Waals surface area contributed by atoms with E-state index in [-0.39, 0.29) is 19.4 Å². The van der Waals surface area contributed by atoms with Gasteiger partial charge in [-0.3, -0.25) is 4.79 Å². The van der Waals surface area contributed by atoms with Crippen LogP contribution in [0.2, 0.25) is 0 Å². The van der Waals surface area contributed by atoms with Crippen LogP contribution in [0.15, 0.2) is 0 Å². The fraction of sp³-hybridized carbons (Fsp3) is 0.727. The van der Waals surface area contributed by atoms with Crippen molar-refractivity contribution >= 4 is 11.9 Å². The fourth-order valence-electron chi connectivity index (χ4n) is 1.14. The molecule has 0 aliphatic heterocycles. The monoisotopic (exact) mass is 258 g/mol. The fourth-order valence-corrected chi connectivity index (χ4v) is 1.14. The summed E-state index contributed by atoms with van der Waals surface area (Å²) in [5.41, 5.74) is 0. The summed E-state index contributed by atoms with van der Waals surface area (Å²) in [4.78, 5) is 22.8. The molecule has 0 aliphatic rings. The summed E-state index contributed by atoms with van der Waals surface area (Å²) in [5.74, 6) is -1.00. The minimum Gasteiger partial charge on any atom is -0.467 e. The predicted molar refractivity (Wildman–Crippen MR) is 61.5 cm³/mol. The molecule has 1 atom stereocenters. The van der Waals surface area contributed by atoms with Crippen LogP contribution in [-0.4, -0.2) is 52.0 Å². The number of amides is 1. The summed E-state index contributed by atoms with van der Waals surface area (Å²) in [5, 5.41) is 10.9. The number of hydrogen-bond acceptors (Lipinski definition) is 6. The number of rotatable bonds is 9. The standard InChI is InChI=1S/C11H18N2O5/c1-16-6-7-18-8-10(14)13-9(4-3-5-12)11(15)17-2/h9H,3-4,6-8H2,1-2H3,(H,13,14)/t9-/m1/s1. The number of hydrogen-bond donors (Lipinski definition) is 1. The quantitative estimate of drug-likeness (QED) is 0.447. The molecule has 18 heavy (non-hydrogen) atoms. The molecule has 0 saturated carbocycles. The second kappa shape index (κ2) is 10.5. The van der Waals surface area contributed by atoms with Crippen LogP contribution >= 0.6 is 0 Å². The van der Waals surface area contributed by atoms with E-state index in [0.29, 0.717) is 13.2 Å². The molecule has 0 aromatic carbocycles.